The summed E-state index contributed by atoms with van der Waals surface area (Å²) in [5.74, 6) is -0.137. The SMILES string of the molecule is CCC1CN2CCCCC2CN1c1ccc(F)cc1I. The third-order valence-corrected chi connectivity index (χ3v) is 5.60. The third kappa shape index (κ3) is 2.82. The Morgan fingerprint density at radius 1 is 1.30 bits per heavy atom. The fraction of sp³-hybridized carbons (Fsp3) is 0.625. The molecule has 0 aromatic heterocycles. The molecular formula is C16H22FIN2. The second-order valence-corrected chi connectivity index (χ2v) is 7.12. The predicted molar refractivity (Wildman–Crippen MR) is 89.8 cm³/mol. The third-order valence-electron chi connectivity index (χ3n) is 4.73. The molecule has 4 heteroatoms. The van der Waals surface area contributed by atoms with E-state index in [9.17, 15) is 4.39 Å². The Morgan fingerprint density at radius 3 is 2.90 bits per heavy atom. The van der Waals surface area contributed by atoms with E-state index in [1.165, 1.54) is 31.5 Å². The number of anilines is 1. The Bertz CT molecular complexity index is 480. The monoisotopic (exact) mass is 388 g/mol. The number of rotatable bonds is 2. The largest absolute Gasteiger partial charge is 0.365 e. The van der Waals surface area contributed by atoms with Crippen LogP contribution in [0.4, 0.5) is 10.1 Å². The van der Waals surface area contributed by atoms with Crippen molar-refractivity contribution in [3.8, 4) is 0 Å². The molecule has 0 radical (unpaired) electrons. The molecule has 2 nitrogen and oxygen atoms in total. The molecule has 110 valence electrons. The van der Waals surface area contributed by atoms with Crippen molar-refractivity contribution in [1.82, 2.24) is 4.90 Å². The standard InChI is InChI=1S/C16H22FIN2/c1-2-13-10-19-8-4-3-5-14(19)11-20(13)16-7-6-12(17)9-15(16)18/h6-7,9,13-14H,2-5,8,10-11H2,1H3. The summed E-state index contributed by atoms with van der Waals surface area (Å²) in [6, 6.07) is 6.45. The molecule has 20 heavy (non-hydrogen) atoms. The van der Waals surface area contributed by atoms with Crippen LogP contribution in [0.25, 0.3) is 0 Å². The van der Waals surface area contributed by atoms with E-state index in [1.54, 1.807) is 12.1 Å². The second-order valence-electron chi connectivity index (χ2n) is 5.95. The molecule has 0 amide bonds. The van der Waals surface area contributed by atoms with Crippen LogP contribution in [0.1, 0.15) is 32.6 Å². The number of benzene rings is 1. The molecule has 2 heterocycles. The summed E-state index contributed by atoms with van der Waals surface area (Å²) in [4.78, 5) is 5.19. The van der Waals surface area contributed by atoms with E-state index in [0.29, 0.717) is 12.1 Å². The van der Waals surface area contributed by atoms with Crippen molar-refractivity contribution < 1.29 is 4.39 Å². The molecule has 0 saturated carbocycles. The van der Waals surface area contributed by atoms with Crippen LogP contribution in [0, 0.1) is 9.39 Å². The van der Waals surface area contributed by atoms with Gasteiger partial charge < -0.3 is 4.90 Å². The summed E-state index contributed by atoms with van der Waals surface area (Å²) in [6.07, 6.45) is 5.16. The molecule has 1 aromatic carbocycles. The maximum absolute atomic E-state index is 13.3. The molecule has 2 unspecified atom stereocenters. The molecule has 2 aliphatic rings. The highest BCUT2D eigenvalue weighted by Gasteiger charge is 2.34. The van der Waals surface area contributed by atoms with Gasteiger partial charge in [0.05, 0.1) is 5.69 Å². The Hall–Kier alpha value is -0.360. The first-order valence-corrected chi connectivity index (χ1v) is 8.72. The lowest BCUT2D eigenvalue weighted by Crippen LogP contribution is -2.59. The van der Waals surface area contributed by atoms with Gasteiger partial charge in [0.25, 0.3) is 0 Å². The quantitative estimate of drug-likeness (QED) is 0.710. The topological polar surface area (TPSA) is 6.48 Å². The number of piperidine rings is 1. The average molecular weight is 388 g/mol. The summed E-state index contributed by atoms with van der Waals surface area (Å²) >= 11 is 2.27. The smallest absolute Gasteiger partial charge is 0.124 e. The molecule has 0 spiro atoms. The van der Waals surface area contributed by atoms with Gasteiger partial charge in [0.15, 0.2) is 0 Å². The van der Waals surface area contributed by atoms with Gasteiger partial charge in [0, 0.05) is 28.7 Å². The number of halogens is 2. The van der Waals surface area contributed by atoms with E-state index < -0.39 is 0 Å². The first-order chi connectivity index (χ1) is 9.69. The van der Waals surface area contributed by atoms with Crippen LogP contribution in [0.15, 0.2) is 18.2 Å². The van der Waals surface area contributed by atoms with Crippen LogP contribution >= 0.6 is 22.6 Å². The fourth-order valence-corrected chi connectivity index (χ4v) is 4.40. The lowest BCUT2D eigenvalue weighted by atomic mass is 9.95. The Balaban J connectivity index is 1.86. The highest BCUT2D eigenvalue weighted by Crippen LogP contribution is 2.32. The van der Waals surface area contributed by atoms with Crippen molar-refractivity contribution in [2.75, 3.05) is 24.5 Å². The van der Waals surface area contributed by atoms with E-state index >= 15 is 0 Å². The van der Waals surface area contributed by atoms with Crippen LogP contribution in [0.3, 0.4) is 0 Å². The molecule has 1 aromatic rings. The van der Waals surface area contributed by atoms with Gasteiger partial charge >= 0.3 is 0 Å². The zero-order valence-corrected chi connectivity index (χ0v) is 14.1. The highest BCUT2D eigenvalue weighted by atomic mass is 127. The molecule has 2 atom stereocenters. The predicted octanol–water partition coefficient (Wildman–Crippen LogP) is 3.88. The van der Waals surface area contributed by atoms with Crippen molar-refractivity contribution in [2.45, 2.75) is 44.7 Å². The van der Waals surface area contributed by atoms with Gasteiger partial charge in [-0.3, -0.25) is 4.90 Å². The lowest BCUT2D eigenvalue weighted by molar-refractivity contribution is 0.111. The normalized spacial score (nSPS) is 27.4. The van der Waals surface area contributed by atoms with Gasteiger partial charge in [-0.1, -0.05) is 13.3 Å². The molecular weight excluding hydrogens is 366 g/mol. The summed E-state index contributed by atoms with van der Waals surface area (Å²) in [6.45, 7) is 5.78. The van der Waals surface area contributed by atoms with Crippen molar-refractivity contribution in [3.05, 3.63) is 27.6 Å². The Kier molecular flexibility index (Phi) is 4.50. The zero-order valence-electron chi connectivity index (χ0n) is 12.0. The minimum Gasteiger partial charge on any atom is -0.365 e. The van der Waals surface area contributed by atoms with E-state index in [-0.39, 0.29) is 5.82 Å². The van der Waals surface area contributed by atoms with Crippen LogP contribution in [-0.2, 0) is 0 Å². The number of hydrogen-bond acceptors (Lipinski definition) is 2. The Morgan fingerprint density at radius 2 is 2.15 bits per heavy atom. The molecule has 2 saturated heterocycles. The van der Waals surface area contributed by atoms with Gasteiger partial charge in [-0.15, -0.1) is 0 Å². The number of hydrogen-bond donors (Lipinski definition) is 0. The first kappa shape index (κ1) is 14.6. The second kappa shape index (κ2) is 6.18. The van der Waals surface area contributed by atoms with E-state index in [2.05, 4.69) is 39.3 Å². The van der Waals surface area contributed by atoms with Crippen LogP contribution in [0.5, 0.6) is 0 Å². The summed E-state index contributed by atoms with van der Waals surface area (Å²) < 4.78 is 14.4. The van der Waals surface area contributed by atoms with Gasteiger partial charge in [0.1, 0.15) is 5.82 Å². The van der Waals surface area contributed by atoms with E-state index in [1.807, 2.05) is 6.07 Å². The number of nitrogens with zero attached hydrogens (tertiary/aromatic N) is 2. The van der Waals surface area contributed by atoms with Crippen molar-refractivity contribution >= 4 is 28.3 Å². The summed E-state index contributed by atoms with van der Waals surface area (Å²) in [7, 11) is 0. The van der Waals surface area contributed by atoms with Crippen LogP contribution in [-0.4, -0.2) is 36.6 Å². The van der Waals surface area contributed by atoms with Crippen LogP contribution < -0.4 is 4.90 Å². The first-order valence-electron chi connectivity index (χ1n) is 7.64. The van der Waals surface area contributed by atoms with Gasteiger partial charge in [0.2, 0.25) is 0 Å². The molecule has 2 fully saturated rings. The molecule has 3 rings (SSSR count). The zero-order chi connectivity index (χ0) is 14.1. The number of fused-ring (bicyclic) bond motifs is 1. The average Bonchev–Trinajstić information content (AvgIpc) is 2.46. The maximum atomic E-state index is 13.3. The summed E-state index contributed by atoms with van der Waals surface area (Å²) in [5.41, 5.74) is 1.21. The number of piperazine rings is 1. The van der Waals surface area contributed by atoms with E-state index in [0.717, 1.165) is 23.1 Å². The van der Waals surface area contributed by atoms with Gasteiger partial charge in [-0.05, 0) is 66.6 Å². The van der Waals surface area contributed by atoms with Crippen molar-refractivity contribution in [2.24, 2.45) is 0 Å². The minimum absolute atomic E-state index is 0.137. The van der Waals surface area contributed by atoms with Crippen molar-refractivity contribution in [3.63, 3.8) is 0 Å². The maximum Gasteiger partial charge on any atom is 0.124 e. The lowest BCUT2D eigenvalue weighted by Gasteiger charge is -2.49. The van der Waals surface area contributed by atoms with Gasteiger partial charge in [-0.25, -0.2) is 4.39 Å². The molecule has 0 bridgehead atoms. The van der Waals surface area contributed by atoms with Crippen LogP contribution in [0.2, 0.25) is 0 Å². The van der Waals surface area contributed by atoms with Crippen molar-refractivity contribution in [1.29, 1.82) is 0 Å². The Labute approximate surface area is 134 Å². The molecule has 2 aliphatic heterocycles. The fourth-order valence-electron chi connectivity index (χ4n) is 3.61. The summed E-state index contributed by atoms with van der Waals surface area (Å²) in [5, 5.41) is 0. The minimum atomic E-state index is -0.137. The highest BCUT2D eigenvalue weighted by molar-refractivity contribution is 14.1. The molecule has 0 aliphatic carbocycles. The molecule has 0 N–H and O–H groups in total. The van der Waals surface area contributed by atoms with E-state index in [4.69, 9.17) is 0 Å². The van der Waals surface area contributed by atoms with Gasteiger partial charge in [-0.2, -0.15) is 0 Å².